The zero-order chi connectivity index (χ0) is 14.4. The SMILES string of the molecule is CCOc1ccc(NC(=O)CC2CNCCO2)cc1Cl.Cl. The fourth-order valence-corrected chi connectivity index (χ4v) is 2.26. The first kappa shape index (κ1) is 18.0. The fraction of sp³-hybridized carbons (Fsp3) is 0.500. The number of anilines is 1. The maximum Gasteiger partial charge on any atom is 0.227 e. The van der Waals surface area contributed by atoms with Crippen LogP contribution in [0.3, 0.4) is 0 Å². The summed E-state index contributed by atoms with van der Waals surface area (Å²) in [6, 6.07) is 5.21. The molecule has 2 N–H and O–H groups in total. The molecular weight excluding hydrogens is 315 g/mol. The highest BCUT2D eigenvalue weighted by atomic mass is 35.5. The fourth-order valence-electron chi connectivity index (χ4n) is 2.02. The van der Waals surface area contributed by atoms with Crippen molar-refractivity contribution in [1.82, 2.24) is 5.32 Å². The first-order chi connectivity index (χ1) is 9.69. The molecule has 1 atom stereocenters. The third kappa shape index (κ3) is 5.71. The summed E-state index contributed by atoms with van der Waals surface area (Å²) in [5.74, 6) is 0.533. The summed E-state index contributed by atoms with van der Waals surface area (Å²) in [4.78, 5) is 11.9. The van der Waals surface area contributed by atoms with E-state index >= 15 is 0 Å². The molecule has 1 fully saturated rings. The molecule has 118 valence electrons. The van der Waals surface area contributed by atoms with E-state index in [1.54, 1.807) is 18.2 Å². The van der Waals surface area contributed by atoms with Gasteiger partial charge in [-0.05, 0) is 25.1 Å². The lowest BCUT2D eigenvalue weighted by Crippen LogP contribution is -2.40. The van der Waals surface area contributed by atoms with Crippen molar-refractivity contribution in [2.45, 2.75) is 19.4 Å². The monoisotopic (exact) mass is 334 g/mol. The van der Waals surface area contributed by atoms with Gasteiger partial charge in [0.25, 0.3) is 0 Å². The Hall–Kier alpha value is -1.01. The summed E-state index contributed by atoms with van der Waals surface area (Å²) in [6.07, 6.45) is 0.264. The molecule has 1 unspecified atom stereocenters. The highest BCUT2D eigenvalue weighted by molar-refractivity contribution is 6.32. The van der Waals surface area contributed by atoms with Crippen LogP contribution in [0.15, 0.2) is 18.2 Å². The second-order valence-electron chi connectivity index (χ2n) is 4.53. The Morgan fingerprint density at radius 1 is 1.57 bits per heavy atom. The molecule has 1 aliphatic rings. The lowest BCUT2D eigenvalue weighted by atomic mass is 10.2. The number of morpholine rings is 1. The lowest BCUT2D eigenvalue weighted by Gasteiger charge is -2.23. The molecule has 1 aromatic rings. The van der Waals surface area contributed by atoms with E-state index in [0.717, 1.165) is 6.54 Å². The smallest absolute Gasteiger partial charge is 0.227 e. The van der Waals surface area contributed by atoms with Crippen molar-refractivity contribution in [3.05, 3.63) is 23.2 Å². The van der Waals surface area contributed by atoms with E-state index in [9.17, 15) is 4.79 Å². The molecule has 5 nitrogen and oxygen atoms in total. The average Bonchev–Trinajstić information content (AvgIpc) is 2.43. The molecule has 0 radical (unpaired) electrons. The van der Waals surface area contributed by atoms with E-state index < -0.39 is 0 Å². The number of rotatable bonds is 5. The predicted octanol–water partition coefficient (Wildman–Crippen LogP) is 2.48. The Balaban J connectivity index is 0.00000220. The third-order valence-electron chi connectivity index (χ3n) is 2.93. The van der Waals surface area contributed by atoms with Crippen LogP contribution < -0.4 is 15.4 Å². The van der Waals surface area contributed by atoms with Gasteiger partial charge in [0.05, 0.1) is 30.8 Å². The summed E-state index contributed by atoms with van der Waals surface area (Å²) in [7, 11) is 0. The van der Waals surface area contributed by atoms with Crippen LogP contribution in [0.1, 0.15) is 13.3 Å². The minimum Gasteiger partial charge on any atom is -0.492 e. The number of benzene rings is 1. The van der Waals surface area contributed by atoms with Crippen LogP contribution in [-0.2, 0) is 9.53 Å². The van der Waals surface area contributed by atoms with Gasteiger partial charge in [0, 0.05) is 18.8 Å². The van der Waals surface area contributed by atoms with Crippen LogP contribution in [0, 0.1) is 0 Å². The maximum absolute atomic E-state index is 11.9. The summed E-state index contributed by atoms with van der Waals surface area (Å²) < 4.78 is 10.8. The first-order valence-electron chi connectivity index (χ1n) is 6.73. The van der Waals surface area contributed by atoms with Crippen LogP contribution in [-0.4, -0.2) is 38.3 Å². The number of ether oxygens (including phenoxy) is 2. The number of hydrogen-bond acceptors (Lipinski definition) is 4. The largest absolute Gasteiger partial charge is 0.492 e. The van der Waals surface area contributed by atoms with Gasteiger partial charge in [-0.1, -0.05) is 11.6 Å². The zero-order valence-electron chi connectivity index (χ0n) is 11.9. The van der Waals surface area contributed by atoms with E-state index in [1.165, 1.54) is 0 Å². The minimum absolute atomic E-state index is 0. The molecule has 1 aliphatic heterocycles. The number of nitrogens with one attached hydrogen (secondary N) is 2. The van der Waals surface area contributed by atoms with Gasteiger partial charge in [0.15, 0.2) is 0 Å². The van der Waals surface area contributed by atoms with Gasteiger partial charge < -0.3 is 20.1 Å². The third-order valence-corrected chi connectivity index (χ3v) is 3.23. The van der Waals surface area contributed by atoms with Crippen molar-refractivity contribution in [2.24, 2.45) is 0 Å². The van der Waals surface area contributed by atoms with E-state index in [-0.39, 0.29) is 24.4 Å². The first-order valence-corrected chi connectivity index (χ1v) is 7.11. The molecular formula is C14H20Cl2N2O3. The summed E-state index contributed by atoms with van der Waals surface area (Å²) in [5, 5.41) is 6.49. The van der Waals surface area contributed by atoms with Crippen molar-refractivity contribution >= 4 is 35.6 Å². The van der Waals surface area contributed by atoms with Gasteiger partial charge >= 0.3 is 0 Å². The maximum atomic E-state index is 11.9. The van der Waals surface area contributed by atoms with Crippen molar-refractivity contribution in [3.8, 4) is 5.75 Å². The molecule has 0 aromatic heterocycles. The summed E-state index contributed by atoms with van der Waals surface area (Å²) >= 11 is 6.07. The lowest BCUT2D eigenvalue weighted by molar-refractivity contribution is -0.119. The molecule has 0 bridgehead atoms. The number of hydrogen-bond donors (Lipinski definition) is 2. The molecule has 1 saturated heterocycles. The van der Waals surface area contributed by atoms with Crippen molar-refractivity contribution in [3.63, 3.8) is 0 Å². The molecule has 0 saturated carbocycles. The Kier molecular flexibility index (Phi) is 7.82. The van der Waals surface area contributed by atoms with Crippen LogP contribution in [0.25, 0.3) is 0 Å². The van der Waals surface area contributed by atoms with Crippen molar-refractivity contribution in [1.29, 1.82) is 0 Å². The molecule has 0 spiro atoms. The molecule has 0 aliphatic carbocycles. The second kappa shape index (κ2) is 9.10. The van der Waals surface area contributed by atoms with Crippen molar-refractivity contribution in [2.75, 3.05) is 31.6 Å². The average molecular weight is 335 g/mol. The van der Waals surface area contributed by atoms with E-state index in [4.69, 9.17) is 21.1 Å². The highest BCUT2D eigenvalue weighted by Crippen LogP contribution is 2.27. The number of amides is 1. The Morgan fingerprint density at radius 3 is 3.00 bits per heavy atom. The van der Waals surface area contributed by atoms with Gasteiger partial charge in [0.1, 0.15) is 5.75 Å². The summed E-state index contributed by atoms with van der Waals surface area (Å²) in [5.41, 5.74) is 0.659. The Labute approximate surface area is 135 Å². The number of carbonyl (C=O) groups excluding carboxylic acids is 1. The van der Waals surface area contributed by atoms with Gasteiger partial charge in [-0.15, -0.1) is 12.4 Å². The minimum atomic E-state index is -0.0843. The summed E-state index contributed by atoms with van der Waals surface area (Å²) in [6.45, 7) is 4.64. The van der Waals surface area contributed by atoms with Crippen molar-refractivity contribution < 1.29 is 14.3 Å². The highest BCUT2D eigenvalue weighted by Gasteiger charge is 2.17. The molecule has 2 rings (SSSR count). The van der Waals surface area contributed by atoms with Gasteiger partial charge in [0.2, 0.25) is 5.91 Å². The standard InChI is InChI=1S/C14H19ClN2O3.ClH/c1-2-19-13-4-3-10(7-12(13)15)17-14(18)8-11-9-16-5-6-20-11;/h3-4,7,11,16H,2,5-6,8-9H2,1H3,(H,17,18);1H. The van der Waals surface area contributed by atoms with Crippen LogP contribution >= 0.6 is 24.0 Å². The van der Waals surface area contributed by atoms with E-state index in [2.05, 4.69) is 10.6 Å². The van der Waals surface area contributed by atoms with Crippen LogP contribution in [0.2, 0.25) is 5.02 Å². The molecule has 21 heavy (non-hydrogen) atoms. The molecule has 1 aromatic carbocycles. The van der Waals surface area contributed by atoms with Crippen LogP contribution in [0.4, 0.5) is 5.69 Å². The molecule has 1 amide bonds. The van der Waals surface area contributed by atoms with Gasteiger partial charge in [-0.2, -0.15) is 0 Å². The topological polar surface area (TPSA) is 59.6 Å². The van der Waals surface area contributed by atoms with Crippen LogP contribution in [0.5, 0.6) is 5.75 Å². The Morgan fingerprint density at radius 2 is 2.38 bits per heavy atom. The molecule has 1 heterocycles. The molecule has 7 heteroatoms. The zero-order valence-corrected chi connectivity index (χ0v) is 13.4. The number of carbonyl (C=O) groups is 1. The van der Waals surface area contributed by atoms with E-state index in [0.29, 0.717) is 42.6 Å². The number of halogens is 2. The van der Waals surface area contributed by atoms with Gasteiger partial charge in [-0.25, -0.2) is 0 Å². The van der Waals surface area contributed by atoms with E-state index in [1.807, 2.05) is 6.92 Å². The quantitative estimate of drug-likeness (QED) is 0.868. The second-order valence-corrected chi connectivity index (χ2v) is 4.93. The van der Waals surface area contributed by atoms with Gasteiger partial charge in [-0.3, -0.25) is 4.79 Å². The normalized spacial score (nSPS) is 17.7. The Bertz CT molecular complexity index is 466. The predicted molar refractivity (Wildman–Crippen MR) is 85.7 cm³/mol.